The van der Waals surface area contributed by atoms with Crippen molar-refractivity contribution in [1.29, 1.82) is 0 Å². The molecule has 142 valence electrons. The van der Waals surface area contributed by atoms with Crippen molar-refractivity contribution in [2.45, 2.75) is 19.0 Å². The Morgan fingerprint density at radius 1 is 1.30 bits per heavy atom. The zero-order valence-corrected chi connectivity index (χ0v) is 15.7. The predicted octanol–water partition coefficient (Wildman–Crippen LogP) is 0.997. The molecule has 3 rings (SSSR count). The lowest BCUT2D eigenvalue weighted by molar-refractivity contribution is -0.124. The van der Waals surface area contributed by atoms with Crippen LogP contribution in [-0.2, 0) is 11.3 Å². The lowest BCUT2D eigenvalue weighted by Gasteiger charge is -2.18. The summed E-state index contributed by atoms with van der Waals surface area (Å²) >= 11 is 1.56. The number of carbonyl (C=O) groups is 1. The maximum Gasteiger partial charge on any atom is 0.329 e. The zero-order valence-electron chi connectivity index (χ0n) is 14.9. The second kappa shape index (κ2) is 8.72. The van der Waals surface area contributed by atoms with Gasteiger partial charge in [-0.3, -0.25) is 14.3 Å². The molecule has 9 heteroatoms. The molecule has 0 radical (unpaired) electrons. The fourth-order valence-corrected chi connectivity index (χ4v) is 3.37. The van der Waals surface area contributed by atoms with Gasteiger partial charge in [0.1, 0.15) is 6.04 Å². The average Bonchev–Trinajstić information content (AvgIpc) is 3.17. The first-order chi connectivity index (χ1) is 13.1. The van der Waals surface area contributed by atoms with E-state index in [-0.39, 0.29) is 5.91 Å². The van der Waals surface area contributed by atoms with Crippen LogP contribution in [0.5, 0.6) is 0 Å². The van der Waals surface area contributed by atoms with Crippen molar-refractivity contribution in [3.05, 3.63) is 63.6 Å². The number of fused-ring (bicyclic) bond motifs is 1. The summed E-state index contributed by atoms with van der Waals surface area (Å²) in [6.45, 7) is 0.869. The minimum absolute atomic E-state index is 0.348. The van der Waals surface area contributed by atoms with Gasteiger partial charge >= 0.3 is 5.69 Å². The standard InChI is InChI=1S/C18H21N5O3S/c1-27-12-7-15(16(24)19-9-11-22-10-4-8-20-22)23-17(25)13-5-2-3-6-14(13)21-18(23)26/h2-6,8,10,15H,7,9,11-12H2,1H3,(H,19,24)(H,21,26). The molecule has 27 heavy (non-hydrogen) atoms. The van der Waals surface area contributed by atoms with E-state index in [0.29, 0.717) is 36.2 Å². The number of aromatic nitrogens is 4. The highest BCUT2D eigenvalue weighted by Gasteiger charge is 2.24. The number of nitrogens with zero attached hydrogens (tertiary/aromatic N) is 3. The minimum atomic E-state index is -0.865. The van der Waals surface area contributed by atoms with Crippen LogP contribution in [0.1, 0.15) is 12.5 Å². The van der Waals surface area contributed by atoms with Gasteiger partial charge in [0.25, 0.3) is 5.56 Å². The number of H-pyrrole nitrogens is 1. The highest BCUT2D eigenvalue weighted by Crippen LogP contribution is 2.13. The maximum absolute atomic E-state index is 12.9. The van der Waals surface area contributed by atoms with Gasteiger partial charge in [0.05, 0.1) is 17.4 Å². The second-order valence-electron chi connectivity index (χ2n) is 6.01. The van der Waals surface area contributed by atoms with E-state index in [1.807, 2.05) is 6.26 Å². The van der Waals surface area contributed by atoms with Crippen molar-refractivity contribution >= 4 is 28.6 Å². The van der Waals surface area contributed by atoms with Crippen molar-refractivity contribution in [1.82, 2.24) is 24.6 Å². The van der Waals surface area contributed by atoms with Crippen LogP contribution in [0.25, 0.3) is 10.9 Å². The van der Waals surface area contributed by atoms with Crippen LogP contribution in [0.15, 0.2) is 52.3 Å². The lowest BCUT2D eigenvalue weighted by Crippen LogP contribution is -2.45. The summed E-state index contributed by atoms with van der Waals surface area (Å²) in [6.07, 6.45) is 5.77. The Balaban J connectivity index is 1.87. The monoisotopic (exact) mass is 387 g/mol. The summed E-state index contributed by atoms with van der Waals surface area (Å²) < 4.78 is 2.73. The first-order valence-corrected chi connectivity index (χ1v) is 9.99. The molecular formula is C18H21N5O3S. The molecule has 1 unspecified atom stereocenters. The van der Waals surface area contributed by atoms with Gasteiger partial charge in [0.15, 0.2) is 0 Å². The van der Waals surface area contributed by atoms with Crippen LogP contribution in [0.3, 0.4) is 0 Å². The van der Waals surface area contributed by atoms with E-state index in [2.05, 4.69) is 15.4 Å². The molecule has 1 amide bonds. The first-order valence-electron chi connectivity index (χ1n) is 8.59. The molecule has 0 aliphatic rings. The molecule has 8 nitrogen and oxygen atoms in total. The van der Waals surface area contributed by atoms with Crippen LogP contribution < -0.4 is 16.6 Å². The number of nitrogens with one attached hydrogen (secondary N) is 2. The summed E-state index contributed by atoms with van der Waals surface area (Å²) in [4.78, 5) is 40.8. The molecule has 2 aromatic heterocycles. The normalized spacial score (nSPS) is 12.2. The van der Waals surface area contributed by atoms with Crippen molar-refractivity contribution in [2.75, 3.05) is 18.6 Å². The van der Waals surface area contributed by atoms with E-state index in [1.165, 1.54) is 0 Å². The Labute approximate surface area is 159 Å². The topological polar surface area (TPSA) is 102 Å². The van der Waals surface area contributed by atoms with Crippen LogP contribution in [0.4, 0.5) is 0 Å². The molecule has 0 saturated carbocycles. The van der Waals surface area contributed by atoms with Crippen molar-refractivity contribution < 1.29 is 4.79 Å². The number of carbonyl (C=O) groups excluding carboxylic acids is 1. The third-order valence-corrected chi connectivity index (χ3v) is 4.89. The molecule has 1 atom stereocenters. The van der Waals surface area contributed by atoms with Crippen molar-refractivity contribution in [3.63, 3.8) is 0 Å². The van der Waals surface area contributed by atoms with Crippen LogP contribution in [0, 0.1) is 0 Å². The number of amides is 1. The highest BCUT2D eigenvalue weighted by molar-refractivity contribution is 7.98. The van der Waals surface area contributed by atoms with E-state index in [1.54, 1.807) is 59.2 Å². The van der Waals surface area contributed by atoms with Gasteiger partial charge < -0.3 is 10.3 Å². The Bertz CT molecular complexity index is 1030. The van der Waals surface area contributed by atoms with E-state index < -0.39 is 17.3 Å². The molecule has 0 aliphatic carbocycles. The highest BCUT2D eigenvalue weighted by atomic mass is 32.2. The lowest BCUT2D eigenvalue weighted by atomic mass is 10.2. The molecular weight excluding hydrogens is 366 g/mol. The summed E-state index contributed by atoms with van der Waals surface area (Å²) in [5, 5.41) is 7.27. The SMILES string of the molecule is CSCCC(C(=O)NCCn1cccn1)n1c(=O)[nH]c2ccccc2c1=O. The Hall–Kier alpha value is -2.81. The van der Waals surface area contributed by atoms with E-state index in [0.717, 1.165) is 4.57 Å². The molecule has 0 spiro atoms. The number of thioether (sulfide) groups is 1. The Morgan fingerprint density at radius 3 is 2.85 bits per heavy atom. The fraction of sp³-hybridized carbons (Fsp3) is 0.333. The molecule has 0 bridgehead atoms. The van der Waals surface area contributed by atoms with Gasteiger partial charge in [0.2, 0.25) is 5.91 Å². The molecule has 3 aromatic rings. The quantitative estimate of drug-likeness (QED) is 0.600. The minimum Gasteiger partial charge on any atom is -0.352 e. The van der Waals surface area contributed by atoms with Gasteiger partial charge in [-0.25, -0.2) is 9.36 Å². The van der Waals surface area contributed by atoms with E-state index in [9.17, 15) is 14.4 Å². The van der Waals surface area contributed by atoms with E-state index >= 15 is 0 Å². The van der Waals surface area contributed by atoms with E-state index in [4.69, 9.17) is 0 Å². The molecule has 2 heterocycles. The summed E-state index contributed by atoms with van der Waals surface area (Å²) in [5.74, 6) is 0.301. The number of rotatable bonds is 8. The van der Waals surface area contributed by atoms with Crippen molar-refractivity contribution in [2.24, 2.45) is 0 Å². The summed E-state index contributed by atoms with van der Waals surface area (Å²) in [7, 11) is 0. The fourth-order valence-electron chi connectivity index (χ4n) is 2.91. The molecule has 2 N–H and O–H groups in total. The van der Waals surface area contributed by atoms with Gasteiger partial charge in [-0.05, 0) is 36.6 Å². The number of hydrogen-bond donors (Lipinski definition) is 2. The van der Waals surface area contributed by atoms with Crippen molar-refractivity contribution in [3.8, 4) is 0 Å². The van der Waals surface area contributed by atoms with Gasteiger partial charge in [0, 0.05) is 18.9 Å². The number of hydrogen-bond acceptors (Lipinski definition) is 5. The Morgan fingerprint density at radius 2 is 2.11 bits per heavy atom. The number of para-hydroxylation sites is 1. The average molecular weight is 387 g/mol. The smallest absolute Gasteiger partial charge is 0.329 e. The number of benzene rings is 1. The second-order valence-corrected chi connectivity index (χ2v) is 6.99. The third-order valence-electron chi connectivity index (χ3n) is 4.25. The maximum atomic E-state index is 12.9. The largest absolute Gasteiger partial charge is 0.352 e. The number of aromatic amines is 1. The van der Waals surface area contributed by atoms with Crippen LogP contribution >= 0.6 is 11.8 Å². The Kier molecular flexibility index (Phi) is 6.12. The zero-order chi connectivity index (χ0) is 19.2. The molecule has 0 saturated heterocycles. The molecule has 0 aliphatic heterocycles. The van der Waals surface area contributed by atoms with Gasteiger partial charge in [-0.15, -0.1) is 0 Å². The van der Waals surface area contributed by atoms with Crippen LogP contribution in [0.2, 0.25) is 0 Å². The van der Waals surface area contributed by atoms with Gasteiger partial charge in [-0.2, -0.15) is 16.9 Å². The molecule has 1 aromatic carbocycles. The molecule has 0 fully saturated rings. The summed E-state index contributed by atoms with van der Waals surface area (Å²) in [6, 6.07) is 7.73. The summed E-state index contributed by atoms with van der Waals surface area (Å²) in [5.41, 5.74) is -0.568. The first kappa shape index (κ1) is 19.0. The third kappa shape index (κ3) is 4.30. The van der Waals surface area contributed by atoms with Gasteiger partial charge in [-0.1, -0.05) is 12.1 Å². The van der Waals surface area contributed by atoms with Crippen LogP contribution in [-0.4, -0.2) is 43.8 Å². The predicted molar refractivity (Wildman–Crippen MR) is 106 cm³/mol.